The molecule has 1 saturated heterocycles. The first kappa shape index (κ1) is 13.4. The minimum absolute atomic E-state index is 0.0671. The zero-order valence-corrected chi connectivity index (χ0v) is 11.6. The van der Waals surface area contributed by atoms with Crippen molar-refractivity contribution in [3.63, 3.8) is 0 Å². The topological polar surface area (TPSA) is 105 Å². The number of carbonyl (C=O) groups is 3. The van der Waals surface area contributed by atoms with E-state index in [1.54, 1.807) is 17.5 Å². The molecule has 3 heterocycles. The first-order valence-electron chi connectivity index (χ1n) is 6.14. The normalized spacial score (nSPS) is 14.8. The molecule has 1 N–H and O–H groups in total. The second-order valence-corrected chi connectivity index (χ2v) is 5.25. The maximum absolute atomic E-state index is 11.8. The fraction of sp³-hybridized carbons (Fsp3) is 0.250. The number of hydrogen-bond donors (Lipinski definition) is 1. The molecule has 0 aromatic carbocycles. The molecule has 2 aromatic rings. The zero-order chi connectivity index (χ0) is 14.8. The molecule has 1 aliphatic heterocycles. The van der Waals surface area contributed by atoms with Crippen LogP contribution in [0.15, 0.2) is 21.9 Å². The number of likely N-dealkylation sites (tertiary alicyclic amines) is 1. The van der Waals surface area contributed by atoms with Crippen LogP contribution in [0.25, 0.3) is 0 Å². The predicted octanol–water partition coefficient (Wildman–Crippen LogP) is 1.03. The summed E-state index contributed by atoms with van der Waals surface area (Å²) in [5.74, 6) is -0.779. The summed E-state index contributed by atoms with van der Waals surface area (Å²) in [6.07, 6.45) is 0.407. The van der Waals surface area contributed by atoms with Gasteiger partial charge in [0.25, 0.3) is 5.91 Å². The number of rotatable bonds is 4. The van der Waals surface area contributed by atoms with E-state index in [9.17, 15) is 14.4 Å². The van der Waals surface area contributed by atoms with E-state index in [1.807, 2.05) is 0 Å². The average Bonchev–Trinajstić information content (AvgIpc) is 3.17. The Kier molecular flexibility index (Phi) is 3.48. The molecular weight excluding hydrogens is 296 g/mol. The van der Waals surface area contributed by atoms with E-state index >= 15 is 0 Å². The maximum Gasteiger partial charge on any atom is 0.322 e. The predicted molar refractivity (Wildman–Crippen MR) is 71.4 cm³/mol. The van der Waals surface area contributed by atoms with Crippen LogP contribution in [0.4, 0.5) is 6.01 Å². The van der Waals surface area contributed by atoms with Crippen LogP contribution in [0.1, 0.15) is 28.4 Å². The van der Waals surface area contributed by atoms with E-state index in [4.69, 9.17) is 4.42 Å². The number of nitrogens with zero attached hydrogens (tertiary/aromatic N) is 3. The number of carbonyl (C=O) groups excluding carboxylic acids is 3. The molecule has 9 heteroatoms. The lowest BCUT2D eigenvalue weighted by molar-refractivity contribution is -0.139. The third-order valence-corrected chi connectivity index (χ3v) is 3.75. The van der Waals surface area contributed by atoms with E-state index in [2.05, 4.69) is 15.5 Å². The third kappa shape index (κ3) is 2.82. The van der Waals surface area contributed by atoms with Gasteiger partial charge in [0, 0.05) is 12.8 Å². The van der Waals surface area contributed by atoms with Crippen molar-refractivity contribution in [2.24, 2.45) is 0 Å². The van der Waals surface area contributed by atoms with Gasteiger partial charge in [-0.25, -0.2) is 0 Å². The largest absolute Gasteiger partial charge is 0.406 e. The molecule has 8 nitrogen and oxygen atoms in total. The monoisotopic (exact) mass is 306 g/mol. The van der Waals surface area contributed by atoms with Crippen LogP contribution in [-0.2, 0) is 16.1 Å². The Balaban J connectivity index is 1.65. The summed E-state index contributed by atoms with van der Waals surface area (Å²) in [4.78, 5) is 36.3. The Bertz CT molecular complexity index is 678. The molecule has 1 fully saturated rings. The average molecular weight is 306 g/mol. The van der Waals surface area contributed by atoms with Crippen molar-refractivity contribution in [1.82, 2.24) is 15.1 Å². The van der Waals surface area contributed by atoms with E-state index in [0.717, 1.165) is 4.90 Å². The lowest BCUT2D eigenvalue weighted by Crippen LogP contribution is -2.28. The highest BCUT2D eigenvalue weighted by atomic mass is 32.1. The summed E-state index contributed by atoms with van der Waals surface area (Å²) in [5, 5.41) is 11.6. The standard InChI is InChI=1S/C12H10N4O4S/c17-9-3-4-10(18)16(9)6-8-14-15-12(20-8)13-11(19)7-2-1-5-21-7/h1-2,5H,3-4,6H2,(H,13,15,19). The molecular formula is C12H10N4O4S. The number of anilines is 1. The summed E-state index contributed by atoms with van der Waals surface area (Å²) in [6, 6.07) is 3.35. The summed E-state index contributed by atoms with van der Waals surface area (Å²) < 4.78 is 5.22. The molecule has 0 atom stereocenters. The van der Waals surface area contributed by atoms with Gasteiger partial charge in [-0.15, -0.1) is 16.4 Å². The third-order valence-electron chi connectivity index (χ3n) is 2.88. The van der Waals surface area contributed by atoms with Crippen molar-refractivity contribution in [2.75, 3.05) is 5.32 Å². The molecule has 21 heavy (non-hydrogen) atoms. The van der Waals surface area contributed by atoms with Crippen molar-refractivity contribution in [3.05, 3.63) is 28.3 Å². The number of imide groups is 1. The summed E-state index contributed by atoms with van der Waals surface area (Å²) in [7, 11) is 0. The molecule has 3 amide bonds. The van der Waals surface area contributed by atoms with Crippen LogP contribution in [-0.4, -0.2) is 32.8 Å². The molecule has 2 aromatic heterocycles. The maximum atomic E-state index is 11.8. The van der Waals surface area contributed by atoms with Gasteiger partial charge < -0.3 is 4.42 Å². The van der Waals surface area contributed by atoms with Gasteiger partial charge in [0.2, 0.25) is 17.7 Å². The molecule has 0 bridgehead atoms. The molecule has 0 spiro atoms. The van der Waals surface area contributed by atoms with Gasteiger partial charge in [-0.1, -0.05) is 11.2 Å². The molecule has 0 unspecified atom stereocenters. The summed E-state index contributed by atoms with van der Waals surface area (Å²) >= 11 is 1.28. The van der Waals surface area contributed by atoms with E-state index in [1.165, 1.54) is 11.3 Å². The minimum atomic E-state index is -0.353. The van der Waals surface area contributed by atoms with E-state index in [-0.39, 0.29) is 49.0 Å². The number of amides is 3. The Morgan fingerprint density at radius 3 is 2.76 bits per heavy atom. The molecule has 1 aliphatic rings. The Morgan fingerprint density at radius 2 is 2.10 bits per heavy atom. The van der Waals surface area contributed by atoms with E-state index < -0.39 is 0 Å². The minimum Gasteiger partial charge on any atom is -0.406 e. The lowest BCUT2D eigenvalue weighted by Gasteiger charge is -2.09. The number of nitrogens with one attached hydrogen (secondary N) is 1. The summed E-state index contributed by atoms with van der Waals surface area (Å²) in [5.41, 5.74) is 0. The Labute approximate surface area is 122 Å². The number of aromatic nitrogens is 2. The van der Waals surface area contributed by atoms with Crippen LogP contribution in [0, 0.1) is 0 Å². The smallest absolute Gasteiger partial charge is 0.322 e. The van der Waals surface area contributed by atoms with Gasteiger partial charge in [0.1, 0.15) is 6.54 Å². The van der Waals surface area contributed by atoms with Crippen LogP contribution >= 0.6 is 11.3 Å². The van der Waals surface area contributed by atoms with Crippen LogP contribution in [0.2, 0.25) is 0 Å². The first-order valence-corrected chi connectivity index (χ1v) is 7.02. The van der Waals surface area contributed by atoms with Crippen LogP contribution in [0.3, 0.4) is 0 Å². The molecule has 108 valence electrons. The fourth-order valence-corrected chi connectivity index (χ4v) is 2.49. The van der Waals surface area contributed by atoms with Crippen molar-refractivity contribution in [1.29, 1.82) is 0 Å². The second-order valence-electron chi connectivity index (χ2n) is 4.31. The molecule has 0 saturated carbocycles. The van der Waals surface area contributed by atoms with Crippen LogP contribution in [0.5, 0.6) is 0 Å². The van der Waals surface area contributed by atoms with Crippen molar-refractivity contribution in [3.8, 4) is 0 Å². The zero-order valence-electron chi connectivity index (χ0n) is 10.7. The van der Waals surface area contributed by atoms with Crippen molar-refractivity contribution in [2.45, 2.75) is 19.4 Å². The fourth-order valence-electron chi connectivity index (χ4n) is 1.87. The van der Waals surface area contributed by atoms with Crippen molar-refractivity contribution < 1.29 is 18.8 Å². The lowest BCUT2D eigenvalue weighted by atomic mass is 10.4. The Hall–Kier alpha value is -2.55. The van der Waals surface area contributed by atoms with Crippen LogP contribution < -0.4 is 5.32 Å². The van der Waals surface area contributed by atoms with Crippen molar-refractivity contribution >= 4 is 35.1 Å². The van der Waals surface area contributed by atoms with Gasteiger partial charge in [-0.05, 0) is 11.4 Å². The molecule has 0 aliphatic carbocycles. The highest BCUT2D eigenvalue weighted by molar-refractivity contribution is 7.12. The number of thiophene rings is 1. The molecule has 0 radical (unpaired) electrons. The highest BCUT2D eigenvalue weighted by Crippen LogP contribution is 2.17. The van der Waals surface area contributed by atoms with Gasteiger partial charge >= 0.3 is 6.01 Å². The SMILES string of the molecule is O=C(Nc1nnc(CN2C(=O)CCC2=O)o1)c1cccs1. The Morgan fingerprint density at radius 1 is 1.33 bits per heavy atom. The van der Waals surface area contributed by atoms with Gasteiger partial charge in [-0.3, -0.25) is 24.6 Å². The van der Waals surface area contributed by atoms with Gasteiger partial charge in [-0.2, -0.15) is 0 Å². The van der Waals surface area contributed by atoms with Gasteiger partial charge in [0.15, 0.2) is 0 Å². The van der Waals surface area contributed by atoms with Gasteiger partial charge in [0.05, 0.1) is 4.88 Å². The second kappa shape index (κ2) is 5.44. The quantitative estimate of drug-likeness (QED) is 0.846. The van der Waals surface area contributed by atoms with E-state index in [0.29, 0.717) is 4.88 Å². The summed E-state index contributed by atoms with van der Waals surface area (Å²) in [6.45, 7) is -0.0699. The number of hydrogen-bond acceptors (Lipinski definition) is 7. The molecule has 3 rings (SSSR count). The highest BCUT2D eigenvalue weighted by Gasteiger charge is 2.30. The first-order chi connectivity index (χ1) is 10.1.